The molecule has 0 saturated heterocycles. The van der Waals surface area contributed by atoms with E-state index in [1.54, 1.807) is 14.2 Å². The Balaban J connectivity index is 0.000000381. The molecule has 0 aliphatic carbocycles. The highest BCUT2D eigenvalue weighted by Gasteiger charge is 2.11. The normalized spacial score (nSPS) is 9.91. The molecule has 4 rings (SSSR count). The summed E-state index contributed by atoms with van der Waals surface area (Å²) < 4.78 is 25.5. The number of hydrogen-bond acceptors (Lipinski definition) is 7. The lowest BCUT2D eigenvalue weighted by Gasteiger charge is -2.10. The highest BCUT2D eigenvalue weighted by Crippen LogP contribution is 2.23. The number of carbonyl (C=O) groups is 1. The molecule has 0 aromatic heterocycles. The van der Waals surface area contributed by atoms with Gasteiger partial charge in [0.1, 0.15) is 12.9 Å². The summed E-state index contributed by atoms with van der Waals surface area (Å²) in [5.41, 5.74) is 5.42. The van der Waals surface area contributed by atoms with Crippen LogP contribution in [0, 0.1) is 0 Å². The molecule has 4 aromatic carbocycles. The maximum Gasteiger partial charge on any atom is 0.131 e. The summed E-state index contributed by atoms with van der Waals surface area (Å²) in [6, 6.07) is 40.1. The SMILES string of the molecule is C.COCCOCCO.COCCOCCOC=C(c1ccccc1)c1ccccc1.O=CC(c1ccccc1)c1ccccc1. The van der Waals surface area contributed by atoms with E-state index in [9.17, 15) is 4.79 Å². The third-order valence-electron chi connectivity index (χ3n) is 6.27. The fraction of sp³-hybridized carbons (Fsp3) is 0.308. The third-order valence-corrected chi connectivity index (χ3v) is 6.27. The first-order valence-corrected chi connectivity index (χ1v) is 15.0. The average Bonchev–Trinajstić information content (AvgIpc) is 3.11. The Hall–Kier alpha value is -4.11. The van der Waals surface area contributed by atoms with Crippen LogP contribution in [0.2, 0.25) is 0 Å². The lowest BCUT2D eigenvalue weighted by Crippen LogP contribution is -2.06. The molecule has 1 N–H and O–H groups in total. The highest BCUT2D eigenvalue weighted by molar-refractivity contribution is 5.79. The molecule has 0 unspecified atom stereocenters. The molecule has 0 bridgehead atoms. The summed E-state index contributed by atoms with van der Waals surface area (Å²) in [6.45, 7) is 3.93. The van der Waals surface area contributed by atoms with Gasteiger partial charge >= 0.3 is 0 Å². The van der Waals surface area contributed by atoms with Gasteiger partial charge in [0.15, 0.2) is 0 Å². The minimum Gasteiger partial charge on any atom is -0.498 e. The van der Waals surface area contributed by atoms with Gasteiger partial charge in [0.2, 0.25) is 0 Å². The van der Waals surface area contributed by atoms with Crippen LogP contribution in [0.3, 0.4) is 0 Å². The number of aldehydes is 1. The van der Waals surface area contributed by atoms with E-state index in [1.807, 2.05) is 103 Å². The molecular formula is C39H50O7. The Labute approximate surface area is 275 Å². The average molecular weight is 631 g/mol. The summed E-state index contributed by atoms with van der Waals surface area (Å²) in [5, 5.41) is 8.20. The van der Waals surface area contributed by atoms with Gasteiger partial charge < -0.3 is 33.6 Å². The van der Waals surface area contributed by atoms with E-state index < -0.39 is 0 Å². The second-order valence-electron chi connectivity index (χ2n) is 9.50. The van der Waals surface area contributed by atoms with Crippen LogP contribution in [-0.2, 0) is 28.5 Å². The monoisotopic (exact) mass is 630 g/mol. The molecule has 0 saturated carbocycles. The largest absolute Gasteiger partial charge is 0.498 e. The lowest BCUT2D eigenvalue weighted by atomic mass is 9.93. The maximum atomic E-state index is 11.1. The first-order chi connectivity index (χ1) is 22.2. The molecule has 0 aliphatic rings. The summed E-state index contributed by atoms with van der Waals surface area (Å²) in [7, 11) is 3.27. The van der Waals surface area contributed by atoms with Crippen molar-refractivity contribution in [2.24, 2.45) is 0 Å². The smallest absolute Gasteiger partial charge is 0.131 e. The number of methoxy groups -OCH3 is 2. The van der Waals surface area contributed by atoms with Crippen LogP contribution in [-0.4, -0.2) is 78.5 Å². The van der Waals surface area contributed by atoms with Crippen molar-refractivity contribution >= 4 is 11.9 Å². The number of ether oxygens (including phenoxy) is 5. The molecular weight excluding hydrogens is 580 g/mol. The molecule has 46 heavy (non-hydrogen) atoms. The van der Waals surface area contributed by atoms with E-state index in [0.29, 0.717) is 46.2 Å². The summed E-state index contributed by atoms with van der Waals surface area (Å²) in [6.07, 6.45) is 2.80. The van der Waals surface area contributed by atoms with Gasteiger partial charge in [-0.1, -0.05) is 129 Å². The van der Waals surface area contributed by atoms with Gasteiger partial charge in [-0.2, -0.15) is 0 Å². The number of hydrogen-bond donors (Lipinski definition) is 1. The van der Waals surface area contributed by atoms with Gasteiger partial charge in [-0.15, -0.1) is 0 Å². The van der Waals surface area contributed by atoms with E-state index in [4.69, 9.17) is 24.1 Å². The van der Waals surface area contributed by atoms with Crippen molar-refractivity contribution in [2.75, 3.05) is 67.1 Å². The predicted octanol–water partition coefficient (Wildman–Crippen LogP) is 7.05. The van der Waals surface area contributed by atoms with Crippen LogP contribution in [0.15, 0.2) is 128 Å². The van der Waals surface area contributed by atoms with Gasteiger partial charge in [-0.05, 0) is 22.3 Å². The first-order valence-electron chi connectivity index (χ1n) is 15.0. The van der Waals surface area contributed by atoms with E-state index >= 15 is 0 Å². The molecule has 248 valence electrons. The quantitative estimate of drug-likeness (QED) is 0.0761. The number of rotatable bonds is 17. The molecule has 0 radical (unpaired) electrons. The minimum atomic E-state index is -0.146. The zero-order valence-electron chi connectivity index (χ0n) is 26.3. The number of aliphatic hydroxyl groups excluding tert-OH is 1. The van der Waals surface area contributed by atoms with Crippen LogP contribution >= 0.6 is 0 Å². The fourth-order valence-electron chi connectivity index (χ4n) is 4.01. The standard InChI is InChI=1S/C19H22O3.C14H12O.C5H12O3.CH4/c1-20-12-13-21-14-15-22-16-19(17-8-4-2-5-9-17)18-10-6-3-7-11-18;15-11-14(12-7-3-1-4-8-12)13-9-5-2-6-10-13;1-7-4-5-8-3-2-6;/h2-11,16H,12-15H2,1H3;1-11,14H;6H,2-5H2,1H3;1H4. The molecule has 0 fully saturated rings. The van der Waals surface area contributed by atoms with Crippen LogP contribution < -0.4 is 0 Å². The lowest BCUT2D eigenvalue weighted by molar-refractivity contribution is -0.108. The fourth-order valence-corrected chi connectivity index (χ4v) is 4.01. The van der Waals surface area contributed by atoms with E-state index in [-0.39, 0.29) is 20.0 Å². The Kier molecular flexibility index (Phi) is 23.6. The van der Waals surface area contributed by atoms with Gasteiger partial charge in [0, 0.05) is 19.8 Å². The number of carbonyl (C=O) groups excluding carboxylic acids is 1. The topological polar surface area (TPSA) is 83.5 Å². The summed E-state index contributed by atoms with van der Waals surface area (Å²) >= 11 is 0. The zero-order valence-corrected chi connectivity index (χ0v) is 26.3. The minimum absolute atomic E-state index is 0. The summed E-state index contributed by atoms with van der Waals surface area (Å²) in [4.78, 5) is 11.1. The van der Waals surface area contributed by atoms with Crippen LogP contribution in [0.5, 0.6) is 0 Å². The second-order valence-corrected chi connectivity index (χ2v) is 9.50. The van der Waals surface area contributed by atoms with E-state index in [2.05, 4.69) is 29.0 Å². The molecule has 0 atom stereocenters. The van der Waals surface area contributed by atoms with Gasteiger partial charge in [-0.3, -0.25) is 0 Å². The Morgan fingerprint density at radius 2 is 0.978 bits per heavy atom. The molecule has 4 aromatic rings. The van der Waals surface area contributed by atoms with Crippen LogP contribution in [0.4, 0.5) is 0 Å². The van der Waals surface area contributed by atoms with Gasteiger partial charge in [-0.25, -0.2) is 0 Å². The van der Waals surface area contributed by atoms with Crippen molar-refractivity contribution in [2.45, 2.75) is 13.3 Å². The van der Waals surface area contributed by atoms with Crippen molar-refractivity contribution in [1.82, 2.24) is 0 Å². The zero-order chi connectivity index (χ0) is 32.2. The first kappa shape index (κ1) is 39.9. The molecule has 0 amide bonds. The predicted molar refractivity (Wildman–Crippen MR) is 186 cm³/mol. The number of benzene rings is 4. The van der Waals surface area contributed by atoms with Crippen molar-refractivity contribution in [1.29, 1.82) is 0 Å². The second kappa shape index (κ2) is 27.2. The van der Waals surface area contributed by atoms with Crippen molar-refractivity contribution in [3.05, 3.63) is 150 Å². The Morgan fingerprint density at radius 3 is 1.37 bits per heavy atom. The van der Waals surface area contributed by atoms with E-state index in [0.717, 1.165) is 34.1 Å². The third kappa shape index (κ3) is 16.8. The van der Waals surface area contributed by atoms with Crippen LogP contribution in [0.1, 0.15) is 35.6 Å². The maximum absolute atomic E-state index is 11.1. The van der Waals surface area contributed by atoms with Crippen molar-refractivity contribution in [3.8, 4) is 0 Å². The number of aliphatic hydroxyl groups is 1. The molecule has 0 aliphatic heterocycles. The molecule has 7 heteroatoms. The van der Waals surface area contributed by atoms with Crippen molar-refractivity contribution < 1.29 is 33.6 Å². The molecule has 0 spiro atoms. The van der Waals surface area contributed by atoms with Crippen molar-refractivity contribution in [3.63, 3.8) is 0 Å². The highest BCUT2D eigenvalue weighted by atomic mass is 16.5. The van der Waals surface area contributed by atoms with E-state index in [1.165, 1.54) is 0 Å². The van der Waals surface area contributed by atoms with Gasteiger partial charge in [0.25, 0.3) is 0 Å². The van der Waals surface area contributed by atoms with Gasteiger partial charge in [0.05, 0.1) is 58.4 Å². The Bertz CT molecular complexity index is 1180. The Morgan fingerprint density at radius 1 is 0.587 bits per heavy atom. The van der Waals surface area contributed by atoms with Crippen LogP contribution in [0.25, 0.3) is 5.57 Å². The molecule has 0 heterocycles. The summed E-state index contributed by atoms with van der Waals surface area (Å²) in [5.74, 6) is -0.146. The molecule has 7 nitrogen and oxygen atoms in total.